The third kappa shape index (κ3) is 1.98. The molecule has 0 unspecified atom stereocenters. The Labute approximate surface area is 81.1 Å². The van der Waals surface area contributed by atoms with Gasteiger partial charge in [0.05, 0.1) is 11.0 Å². The van der Waals surface area contributed by atoms with Gasteiger partial charge < -0.3 is 5.32 Å². The fourth-order valence-electron chi connectivity index (χ4n) is 1.15. The van der Waals surface area contributed by atoms with Crippen molar-refractivity contribution in [2.24, 2.45) is 0 Å². The molecule has 0 aliphatic rings. The lowest BCUT2D eigenvalue weighted by atomic mass is 10.1. The maximum atomic E-state index is 10.6. The van der Waals surface area contributed by atoms with Crippen LogP contribution in [0.2, 0.25) is 0 Å². The summed E-state index contributed by atoms with van der Waals surface area (Å²) in [5.74, 6) is 0. The topological polar surface area (TPSA) is 79.0 Å². The smallest absolute Gasteiger partial charge is 0.274 e. The predicted molar refractivity (Wildman–Crippen MR) is 51.9 cm³/mol. The maximum absolute atomic E-state index is 10.6. The van der Waals surface area contributed by atoms with Gasteiger partial charge in [-0.25, -0.2) is 0 Å². The molecule has 0 aliphatic heterocycles. The number of nitro benzene ring substituents is 1. The first kappa shape index (κ1) is 9.99. The molecule has 0 spiro atoms. The summed E-state index contributed by atoms with van der Waals surface area (Å²) in [5, 5.41) is 21.7. The van der Waals surface area contributed by atoms with Crippen LogP contribution in [-0.4, -0.2) is 11.5 Å². The van der Waals surface area contributed by atoms with E-state index >= 15 is 0 Å². The number of rotatable bonds is 3. The molecule has 1 aromatic carbocycles. The van der Waals surface area contributed by atoms with E-state index in [0.717, 1.165) is 0 Å². The molecule has 72 valence electrons. The van der Waals surface area contributed by atoms with Crippen molar-refractivity contribution in [3.8, 4) is 6.07 Å². The van der Waals surface area contributed by atoms with Gasteiger partial charge in [-0.05, 0) is 13.0 Å². The van der Waals surface area contributed by atoms with Crippen LogP contribution in [0.15, 0.2) is 18.2 Å². The van der Waals surface area contributed by atoms with Gasteiger partial charge in [-0.2, -0.15) is 5.26 Å². The zero-order chi connectivity index (χ0) is 10.6. The number of hydrogen-bond acceptors (Lipinski definition) is 4. The van der Waals surface area contributed by atoms with Gasteiger partial charge in [-0.3, -0.25) is 10.1 Å². The molecule has 14 heavy (non-hydrogen) atoms. The van der Waals surface area contributed by atoms with Crippen molar-refractivity contribution in [2.45, 2.75) is 6.92 Å². The monoisotopic (exact) mass is 191 g/mol. The van der Waals surface area contributed by atoms with Crippen molar-refractivity contribution in [1.29, 1.82) is 5.26 Å². The predicted octanol–water partition coefficient (Wildman–Crippen LogP) is 1.84. The van der Waals surface area contributed by atoms with E-state index in [1.807, 2.05) is 6.07 Å². The highest BCUT2D eigenvalue weighted by atomic mass is 16.6. The molecule has 1 aromatic rings. The molecule has 1 rings (SSSR count). The molecule has 0 saturated carbocycles. The summed E-state index contributed by atoms with van der Waals surface area (Å²) in [7, 11) is 0. The number of nitriles is 1. The largest absolute Gasteiger partial charge is 0.372 e. The van der Waals surface area contributed by atoms with Gasteiger partial charge >= 0.3 is 0 Å². The Morgan fingerprint density at radius 1 is 1.64 bits per heavy atom. The number of benzene rings is 1. The van der Waals surface area contributed by atoms with Gasteiger partial charge in [0.15, 0.2) is 0 Å². The number of nitro groups is 1. The Kier molecular flexibility index (Phi) is 3.02. The average molecular weight is 191 g/mol. The number of hydrogen-bond donors (Lipinski definition) is 1. The van der Waals surface area contributed by atoms with Crippen LogP contribution in [0, 0.1) is 28.4 Å². The van der Waals surface area contributed by atoms with Gasteiger partial charge in [0, 0.05) is 17.3 Å². The minimum Gasteiger partial charge on any atom is -0.372 e. The Balaban J connectivity index is 3.02. The molecule has 0 fully saturated rings. The van der Waals surface area contributed by atoms with Crippen LogP contribution in [0.4, 0.5) is 11.4 Å². The fraction of sp³-hybridized carbons (Fsp3) is 0.222. The molecule has 0 saturated heterocycles. The molecular weight excluding hydrogens is 182 g/mol. The number of anilines is 1. The highest BCUT2D eigenvalue weighted by Gasteiger charge is 2.12. The average Bonchev–Trinajstić information content (AvgIpc) is 2.16. The lowest BCUT2D eigenvalue weighted by Gasteiger charge is -2.05. The zero-order valence-corrected chi connectivity index (χ0v) is 7.65. The van der Waals surface area contributed by atoms with Gasteiger partial charge in [0.1, 0.15) is 6.54 Å². The molecular formula is C9H9N3O2. The zero-order valence-electron chi connectivity index (χ0n) is 7.65. The van der Waals surface area contributed by atoms with E-state index in [2.05, 4.69) is 5.32 Å². The Bertz CT molecular complexity index is 396. The summed E-state index contributed by atoms with van der Waals surface area (Å²) < 4.78 is 0. The van der Waals surface area contributed by atoms with Crippen LogP contribution in [0.3, 0.4) is 0 Å². The van der Waals surface area contributed by atoms with Gasteiger partial charge in [-0.1, -0.05) is 6.07 Å². The molecule has 5 heteroatoms. The first-order valence-corrected chi connectivity index (χ1v) is 4.01. The van der Waals surface area contributed by atoms with Crippen molar-refractivity contribution in [3.05, 3.63) is 33.9 Å². The highest BCUT2D eigenvalue weighted by Crippen LogP contribution is 2.24. The summed E-state index contributed by atoms with van der Waals surface area (Å²) in [6.07, 6.45) is 0. The molecule has 0 amide bonds. The Morgan fingerprint density at radius 2 is 2.36 bits per heavy atom. The van der Waals surface area contributed by atoms with Gasteiger partial charge in [-0.15, -0.1) is 0 Å². The van der Waals surface area contributed by atoms with E-state index in [9.17, 15) is 10.1 Å². The summed E-state index contributed by atoms with van der Waals surface area (Å²) in [6, 6.07) is 6.64. The molecule has 0 atom stereocenters. The van der Waals surface area contributed by atoms with Gasteiger partial charge in [0.2, 0.25) is 0 Å². The van der Waals surface area contributed by atoms with E-state index < -0.39 is 4.92 Å². The first-order chi connectivity index (χ1) is 6.66. The molecule has 0 aromatic heterocycles. The van der Waals surface area contributed by atoms with E-state index in [1.54, 1.807) is 19.1 Å². The second kappa shape index (κ2) is 4.23. The van der Waals surface area contributed by atoms with E-state index in [0.29, 0.717) is 11.3 Å². The summed E-state index contributed by atoms with van der Waals surface area (Å²) in [4.78, 5) is 10.1. The summed E-state index contributed by atoms with van der Waals surface area (Å²) in [5.41, 5.74) is 1.24. The second-order valence-electron chi connectivity index (χ2n) is 2.72. The third-order valence-corrected chi connectivity index (χ3v) is 1.86. The van der Waals surface area contributed by atoms with Crippen LogP contribution < -0.4 is 5.32 Å². The van der Waals surface area contributed by atoms with Crippen molar-refractivity contribution in [2.75, 3.05) is 11.9 Å². The molecule has 0 aliphatic carbocycles. The lowest BCUT2D eigenvalue weighted by Crippen LogP contribution is -2.02. The highest BCUT2D eigenvalue weighted by molar-refractivity contribution is 5.59. The molecule has 5 nitrogen and oxygen atoms in total. The minimum atomic E-state index is -0.438. The van der Waals surface area contributed by atoms with E-state index in [4.69, 9.17) is 5.26 Å². The Hall–Kier alpha value is -2.09. The Morgan fingerprint density at radius 3 is 2.93 bits per heavy atom. The lowest BCUT2D eigenvalue weighted by molar-refractivity contribution is -0.385. The fourth-order valence-corrected chi connectivity index (χ4v) is 1.15. The van der Waals surface area contributed by atoms with Crippen LogP contribution in [0.25, 0.3) is 0 Å². The van der Waals surface area contributed by atoms with Gasteiger partial charge in [0.25, 0.3) is 5.69 Å². The number of nitrogens with zero attached hydrogens (tertiary/aromatic N) is 2. The summed E-state index contributed by atoms with van der Waals surface area (Å²) in [6.45, 7) is 1.79. The van der Waals surface area contributed by atoms with Crippen molar-refractivity contribution in [1.82, 2.24) is 0 Å². The van der Waals surface area contributed by atoms with Crippen LogP contribution in [0.5, 0.6) is 0 Å². The molecule has 0 heterocycles. The molecule has 0 radical (unpaired) electrons. The normalized spacial score (nSPS) is 9.14. The maximum Gasteiger partial charge on any atom is 0.274 e. The molecule has 0 bridgehead atoms. The SMILES string of the molecule is Cc1c(NCC#N)cccc1[N+](=O)[O-]. The van der Waals surface area contributed by atoms with Crippen LogP contribution >= 0.6 is 0 Å². The van der Waals surface area contributed by atoms with Crippen molar-refractivity contribution >= 4 is 11.4 Å². The quantitative estimate of drug-likeness (QED) is 0.449. The second-order valence-corrected chi connectivity index (χ2v) is 2.72. The molecule has 1 N–H and O–H groups in total. The minimum absolute atomic E-state index is 0.0629. The summed E-state index contributed by atoms with van der Waals surface area (Å²) >= 11 is 0. The third-order valence-electron chi connectivity index (χ3n) is 1.86. The van der Waals surface area contributed by atoms with Crippen molar-refractivity contribution < 1.29 is 4.92 Å². The number of nitrogens with one attached hydrogen (secondary N) is 1. The van der Waals surface area contributed by atoms with Crippen LogP contribution in [-0.2, 0) is 0 Å². The first-order valence-electron chi connectivity index (χ1n) is 4.01. The van der Waals surface area contributed by atoms with E-state index in [1.165, 1.54) is 6.07 Å². The van der Waals surface area contributed by atoms with Crippen molar-refractivity contribution in [3.63, 3.8) is 0 Å². The van der Waals surface area contributed by atoms with Crippen LogP contribution in [0.1, 0.15) is 5.56 Å². The standard InChI is InChI=1S/C9H9N3O2/c1-7-8(11-6-5-10)3-2-4-9(7)12(13)14/h2-4,11H,6H2,1H3. The van der Waals surface area contributed by atoms with E-state index in [-0.39, 0.29) is 12.2 Å².